The smallest absolute Gasteiger partial charge is 0.407 e. The normalized spacial score (nSPS) is 26.1. The Kier molecular flexibility index (Phi) is 5.52. The highest BCUT2D eigenvalue weighted by Crippen LogP contribution is 2.28. The minimum atomic E-state index is -2.47. The van der Waals surface area contributed by atoms with Crippen LogP contribution < -0.4 is 11.1 Å². The van der Waals surface area contributed by atoms with E-state index < -0.39 is 24.2 Å². The Morgan fingerprint density at radius 1 is 1.26 bits per heavy atom. The number of carbonyl (C=O) groups excluding carboxylic acids is 1. The Morgan fingerprint density at radius 2 is 1.79 bits per heavy atom. The molecule has 0 aromatic heterocycles. The summed E-state index contributed by atoms with van der Waals surface area (Å²) in [4.78, 5) is 11.6. The highest BCUT2D eigenvalue weighted by Gasteiger charge is 2.31. The minimum Gasteiger partial charge on any atom is -0.444 e. The van der Waals surface area contributed by atoms with E-state index in [4.69, 9.17) is 10.5 Å². The van der Waals surface area contributed by atoms with Crippen LogP contribution in [0.2, 0.25) is 0 Å². The standard InChI is InChI=1S/C13H24F2N2O2/c1-13(2,3)19-12(18)17-9-6-4-8(5-7-9)10(16)11(14)15/h8-11H,4-7,16H2,1-3H3,(H,17,18). The molecule has 0 saturated heterocycles. The average molecular weight is 278 g/mol. The molecule has 112 valence electrons. The third-order valence-electron chi connectivity index (χ3n) is 3.33. The van der Waals surface area contributed by atoms with Crippen molar-refractivity contribution in [2.75, 3.05) is 0 Å². The number of rotatable bonds is 3. The number of ether oxygens (including phenoxy) is 1. The van der Waals surface area contributed by atoms with E-state index in [9.17, 15) is 13.6 Å². The Labute approximate surface area is 113 Å². The van der Waals surface area contributed by atoms with Gasteiger partial charge in [-0.05, 0) is 52.4 Å². The number of hydrogen-bond donors (Lipinski definition) is 2. The highest BCUT2D eigenvalue weighted by atomic mass is 19.3. The molecule has 0 radical (unpaired) electrons. The molecule has 0 aliphatic heterocycles. The molecular weight excluding hydrogens is 254 g/mol. The van der Waals surface area contributed by atoms with Crippen LogP contribution in [0.5, 0.6) is 0 Å². The zero-order chi connectivity index (χ0) is 14.6. The maximum Gasteiger partial charge on any atom is 0.407 e. The first kappa shape index (κ1) is 16.1. The second kappa shape index (κ2) is 6.50. The van der Waals surface area contributed by atoms with E-state index in [1.165, 1.54) is 0 Å². The van der Waals surface area contributed by atoms with Gasteiger partial charge in [0.05, 0.1) is 6.04 Å². The van der Waals surface area contributed by atoms with Gasteiger partial charge in [0.2, 0.25) is 0 Å². The maximum absolute atomic E-state index is 12.5. The van der Waals surface area contributed by atoms with Crippen molar-refractivity contribution in [3.63, 3.8) is 0 Å². The number of carbonyl (C=O) groups is 1. The second-order valence-electron chi connectivity index (χ2n) is 6.17. The zero-order valence-electron chi connectivity index (χ0n) is 11.8. The summed E-state index contributed by atoms with van der Waals surface area (Å²) in [5, 5.41) is 2.77. The van der Waals surface area contributed by atoms with Crippen molar-refractivity contribution in [2.45, 2.75) is 70.6 Å². The van der Waals surface area contributed by atoms with Gasteiger partial charge in [0, 0.05) is 6.04 Å². The van der Waals surface area contributed by atoms with Gasteiger partial charge in [0.25, 0.3) is 6.43 Å². The number of nitrogens with one attached hydrogen (secondary N) is 1. The van der Waals surface area contributed by atoms with Crippen LogP contribution in [0.1, 0.15) is 46.5 Å². The lowest BCUT2D eigenvalue weighted by Crippen LogP contribution is -2.44. The largest absolute Gasteiger partial charge is 0.444 e. The predicted molar refractivity (Wildman–Crippen MR) is 69.1 cm³/mol. The summed E-state index contributed by atoms with van der Waals surface area (Å²) in [6, 6.07) is -1.06. The van der Waals surface area contributed by atoms with Crippen LogP contribution in [0.3, 0.4) is 0 Å². The number of halogens is 2. The molecular formula is C13H24F2N2O2. The van der Waals surface area contributed by atoms with Crippen LogP contribution in [0.4, 0.5) is 13.6 Å². The first-order chi connectivity index (χ1) is 8.69. The number of amides is 1. The highest BCUT2D eigenvalue weighted by molar-refractivity contribution is 5.68. The molecule has 19 heavy (non-hydrogen) atoms. The van der Waals surface area contributed by atoms with Gasteiger partial charge in [0.15, 0.2) is 0 Å². The first-order valence-electron chi connectivity index (χ1n) is 6.72. The Balaban J connectivity index is 2.32. The van der Waals surface area contributed by atoms with Gasteiger partial charge in [-0.2, -0.15) is 0 Å². The molecule has 0 aromatic rings. The molecule has 6 heteroatoms. The van der Waals surface area contributed by atoms with Gasteiger partial charge in [-0.15, -0.1) is 0 Å². The van der Waals surface area contributed by atoms with Crippen molar-refractivity contribution in [1.82, 2.24) is 5.32 Å². The summed E-state index contributed by atoms with van der Waals surface area (Å²) in [6.45, 7) is 5.39. The van der Waals surface area contributed by atoms with Crippen LogP contribution >= 0.6 is 0 Å². The fraction of sp³-hybridized carbons (Fsp3) is 0.923. The number of nitrogens with two attached hydrogens (primary N) is 1. The van der Waals surface area contributed by atoms with Gasteiger partial charge < -0.3 is 15.8 Å². The summed E-state index contributed by atoms with van der Waals surface area (Å²) in [5.74, 6) is -0.156. The van der Waals surface area contributed by atoms with Gasteiger partial charge >= 0.3 is 6.09 Å². The molecule has 1 unspecified atom stereocenters. The molecule has 4 nitrogen and oxygen atoms in total. The van der Waals surface area contributed by atoms with Gasteiger partial charge in [-0.1, -0.05) is 0 Å². The quantitative estimate of drug-likeness (QED) is 0.834. The van der Waals surface area contributed by atoms with E-state index in [-0.39, 0.29) is 12.0 Å². The molecule has 0 aromatic carbocycles. The molecule has 0 bridgehead atoms. The summed E-state index contributed by atoms with van der Waals surface area (Å²) in [5.41, 5.74) is 4.93. The van der Waals surface area contributed by atoms with Crippen molar-refractivity contribution >= 4 is 6.09 Å². The number of alkyl carbamates (subject to hydrolysis) is 1. The van der Waals surface area contributed by atoms with Crippen LogP contribution in [-0.2, 0) is 4.74 Å². The molecule has 1 rings (SSSR count). The Bertz CT molecular complexity index is 298. The van der Waals surface area contributed by atoms with E-state index in [0.29, 0.717) is 25.7 Å². The Morgan fingerprint density at radius 3 is 2.21 bits per heavy atom. The van der Waals surface area contributed by atoms with E-state index in [0.717, 1.165) is 0 Å². The molecule has 1 aliphatic rings. The van der Waals surface area contributed by atoms with Crippen molar-refractivity contribution in [3.05, 3.63) is 0 Å². The lowest BCUT2D eigenvalue weighted by atomic mass is 9.82. The molecule has 1 atom stereocenters. The van der Waals surface area contributed by atoms with Crippen molar-refractivity contribution in [2.24, 2.45) is 11.7 Å². The van der Waals surface area contributed by atoms with Crippen molar-refractivity contribution in [1.29, 1.82) is 0 Å². The summed E-state index contributed by atoms with van der Waals surface area (Å²) >= 11 is 0. The van der Waals surface area contributed by atoms with Crippen molar-refractivity contribution < 1.29 is 18.3 Å². The topological polar surface area (TPSA) is 64.3 Å². The van der Waals surface area contributed by atoms with Crippen LogP contribution in [0.25, 0.3) is 0 Å². The number of alkyl halides is 2. The molecule has 3 N–H and O–H groups in total. The predicted octanol–water partition coefficient (Wildman–Crippen LogP) is 2.66. The average Bonchev–Trinajstić information content (AvgIpc) is 2.26. The zero-order valence-corrected chi connectivity index (χ0v) is 11.8. The monoisotopic (exact) mass is 278 g/mol. The SMILES string of the molecule is CC(C)(C)OC(=O)NC1CCC(C(N)C(F)F)CC1. The van der Waals surface area contributed by atoms with Gasteiger partial charge in [-0.3, -0.25) is 0 Å². The lowest BCUT2D eigenvalue weighted by molar-refractivity contribution is 0.0457. The maximum atomic E-state index is 12.5. The van der Waals surface area contributed by atoms with E-state index in [1.54, 1.807) is 20.8 Å². The van der Waals surface area contributed by atoms with E-state index >= 15 is 0 Å². The van der Waals surface area contributed by atoms with Gasteiger partial charge in [0.1, 0.15) is 5.60 Å². The summed E-state index contributed by atoms with van der Waals surface area (Å²) < 4.78 is 30.1. The van der Waals surface area contributed by atoms with Crippen LogP contribution in [-0.4, -0.2) is 30.2 Å². The van der Waals surface area contributed by atoms with Crippen LogP contribution in [0, 0.1) is 5.92 Å². The fourth-order valence-electron chi connectivity index (χ4n) is 2.33. The van der Waals surface area contributed by atoms with E-state index in [1.807, 2.05) is 0 Å². The molecule has 1 aliphatic carbocycles. The third-order valence-corrected chi connectivity index (χ3v) is 3.33. The van der Waals surface area contributed by atoms with Crippen molar-refractivity contribution in [3.8, 4) is 0 Å². The van der Waals surface area contributed by atoms with Gasteiger partial charge in [-0.25, -0.2) is 13.6 Å². The minimum absolute atomic E-state index is 0.00373. The fourth-order valence-corrected chi connectivity index (χ4v) is 2.33. The lowest BCUT2D eigenvalue weighted by Gasteiger charge is -2.32. The third kappa shape index (κ3) is 5.72. The Hall–Kier alpha value is -0.910. The first-order valence-corrected chi connectivity index (χ1v) is 6.72. The number of hydrogen-bond acceptors (Lipinski definition) is 3. The molecule has 1 fully saturated rings. The molecule has 0 heterocycles. The molecule has 1 saturated carbocycles. The van der Waals surface area contributed by atoms with E-state index in [2.05, 4.69) is 5.32 Å². The molecule has 1 amide bonds. The summed E-state index contributed by atoms with van der Waals surface area (Å²) in [6.07, 6.45) is -0.346. The van der Waals surface area contributed by atoms with Crippen LogP contribution in [0.15, 0.2) is 0 Å². The second-order valence-corrected chi connectivity index (χ2v) is 6.17. The summed E-state index contributed by atoms with van der Waals surface area (Å²) in [7, 11) is 0. The molecule has 0 spiro atoms.